The minimum Gasteiger partial charge on any atom is -0.661 e. The maximum atomic E-state index is 5.13. The average Bonchev–Trinajstić information content (AvgIpc) is 2.39. The maximum absolute atomic E-state index is 5.13. The van der Waals surface area contributed by atoms with Crippen molar-refractivity contribution in [2.75, 3.05) is 6.54 Å². The molecule has 3 fully saturated rings. The van der Waals surface area contributed by atoms with E-state index in [0.29, 0.717) is 18.1 Å². The quantitative estimate of drug-likeness (QED) is 0.653. The van der Waals surface area contributed by atoms with Gasteiger partial charge in [0.15, 0.2) is 0 Å². The largest absolute Gasteiger partial charge is 2.00 e. The van der Waals surface area contributed by atoms with Crippen LogP contribution in [0.15, 0.2) is 0 Å². The Balaban J connectivity index is 0.00000108. The average molecular weight is 321 g/mol. The van der Waals surface area contributed by atoms with Crippen molar-refractivity contribution in [3.63, 3.8) is 0 Å². The molecule has 1 saturated carbocycles. The van der Waals surface area contributed by atoms with Crippen LogP contribution >= 0.6 is 0 Å². The number of nitrogens with zero attached hydrogens (tertiary/aromatic N) is 2. The number of fused-ring (bicyclic) bond motifs is 1. The van der Waals surface area contributed by atoms with Crippen LogP contribution in [0.5, 0.6) is 0 Å². The molecule has 0 aromatic carbocycles. The Hall–Kier alpha value is 0.543. The van der Waals surface area contributed by atoms with Gasteiger partial charge in [0, 0.05) is 0 Å². The maximum Gasteiger partial charge on any atom is 2.00 e. The predicted molar refractivity (Wildman–Crippen MR) is 68.0 cm³/mol. The van der Waals surface area contributed by atoms with Gasteiger partial charge in [-0.1, -0.05) is 63.7 Å². The predicted octanol–water partition coefficient (Wildman–Crippen LogP) is 4.01. The summed E-state index contributed by atoms with van der Waals surface area (Å²) in [4.78, 5) is 0. The van der Waals surface area contributed by atoms with Crippen molar-refractivity contribution in [2.24, 2.45) is 5.92 Å². The molecule has 17 heavy (non-hydrogen) atoms. The second kappa shape index (κ2) is 6.64. The Bertz CT molecular complexity index is 226. The smallest absolute Gasteiger partial charge is 0.661 e. The molecule has 0 radical (unpaired) electrons. The van der Waals surface area contributed by atoms with E-state index in [1.807, 2.05) is 0 Å². The van der Waals surface area contributed by atoms with Gasteiger partial charge in [0.2, 0.25) is 0 Å². The summed E-state index contributed by atoms with van der Waals surface area (Å²) in [7, 11) is 0. The van der Waals surface area contributed by atoms with E-state index in [0.717, 1.165) is 12.5 Å². The van der Waals surface area contributed by atoms with E-state index >= 15 is 0 Å². The standard InChI is InChI=1S/C14H24N2.Ru/c1-2-6-12-11(5-1)8-9-14(16-12)13-7-3-4-10-15-13;/h11-14H,1-10H2;/q-2;+2. The van der Waals surface area contributed by atoms with Crippen LogP contribution in [0, 0.1) is 5.92 Å². The van der Waals surface area contributed by atoms with E-state index in [1.54, 1.807) is 0 Å². The molecule has 3 heteroatoms. The van der Waals surface area contributed by atoms with Crippen molar-refractivity contribution < 1.29 is 19.5 Å². The Labute approximate surface area is 118 Å². The summed E-state index contributed by atoms with van der Waals surface area (Å²) in [5.74, 6) is 0.939. The van der Waals surface area contributed by atoms with Gasteiger partial charge in [0.05, 0.1) is 0 Å². The third-order valence-electron chi connectivity index (χ3n) is 4.80. The molecule has 3 rings (SSSR count). The summed E-state index contributed by atoms with van der Waals surface area (Å²) in [5, 5.41) is 9.93. The molecule has 2 saturated heterocycles. The summed E-state index contributed by atoms with van der Waals surface area (Å²) in [6.07, 6.45) is 12.5. The number of piperidine rings is 2. The van der Waals surface area contributed by atoms with Crippen LogP contribution in [0.25, 0.3) is 10.6 Å². The Morgan fingerprint density at radius 3 is 2.24 bits per heavy atom. The molecular formula is C14H24N2Ru. The molecule has 98 valence electrons. The first-order chi connectivity index (χ1) is 7.93. The van der Waals surface area contributed by atoms with Crippen LogP contribution in [-0.2, 0) is 19.5 Å². The molecular weight excluding hydrogens is 297 g/mol. The molecule has 2 aliphatic heterocycles. The van der Waals surface area contributed by atoms with Crippen LogP contribution in [0.1, 0.15) is 57.8 Å². The molecule has 2 heterocycles. The summed E-state index contributed by atoms with van der Waals surface area (Å²) in [6.45, 7) is 1.10. The van der Waals surface area contributed by atoms with Crippen molar-refractivity contribution in [3.8, 4) is 0 Å². The topological polar surface area (TPSA) is 28.2 Å². The van der Waals surface area contributed by atoms with Gasteiger partial charge in [0.1, 0.15) is 0 Å². The monoisotopic (exact) mass is 322 g/mol. The van der Waals surface area contributed by atoms with Gasteiger partial charge in [-0.05, 0) is 0 Å². The molecule has 0 aromatic heterocycles. The fourth-order valence-corrected chi connectivity index (χ4v) is 3.85. The number of rotatable bonds is 1. The number of hydrogen-bond acceptors (Lipinski definition) is 0. The van der Waals surface area contributed by atoms with Crippen molar-refractivity contribution in [1.29, 1.82) is 0 Å². The van der Waals surface area contributed by atoms with E-state index in [2.05, 4.69) is 0 Å². The zero-order valence-electron chi connectivity index (χ0n) is 10.6. The first kappa shape index (κ1) is 14.0. The van der Waals surface area contributed by atoms with Gasteiger partial charge in [0.25, 0.3) is 0 Å². The molecule has 0 amide bonds. The van der Waals surface area contributed by atoms with Crippen LogP contribution in [0.4, 0.5) is 0 Å². The van der Waals surface area contributed by atoms with Crippen molar-refractivity contribution in [3.05, 3.63) is 10.6 Å². The third-order valence-corrected chi connectivity index (χ3v) is 4.80. The third kappa shape index (κ3) is 3.30. The first-order valence-corrected chi connectivity index (χ1v) is 7.30. The van der Waals surface area contributed by atoms with Gasteiger partial charge >= 0.3 is 19.5 Å². The van der Waals surface area contributed by atoms with Crippen LogP contribution in [-0.4, -0.2) is 24.7 Å². The minimum absolute atomic E-state index is 0. The fraction of sp³-hybridized carbons (Fsp3) is 1.00. The Morgan fingerprint density at radius 1 is 0.647 bits per heavy atom. The Morgan fingerprint density at radius 2 is 1.41 bits per heavy atom. The number of hydrogen-bond donors (Lipinski definition) is 0. The zero-order valence-corrected chi connectivity index (χ0v) is 12.4. The molecule has 0 spiro atoms. The van der Waals surface area contributed by atoms with Crippen molar-refractivity contribution in [2.45, 2.75) is 75.9 Å². The normalized spacial score (nSPS) is 42.4. The molecule has 0 bridgehead atoms. The Kier molecular flexibility index (Phi) is 5.45. The van der Waals surface area contributed by atoms with Crippen molar-refractivity contribution in [1.82, 2.24) is 0 Å². The molecule has 4 atom stereocenters. The molecule has 3 aliphatic rings. The summed E-state index contributed by atoms with van der Waals surface area (Å²) in [5.41, 5.74) is 0. The minimum atomic E-state index is 0. The summed E-state index contributed by atoms with van der Waals surface area (Å²) in [6, 6.07) is 1.90. The van der Waals surface area contributed by atoms with Gasteiger partial charge in [-0.2, -0.15) is 12.1 Å². The molecule has 4 unspecified atom stereocenters. The van der Waals surface area contributed by atoms with E-state index in [9.17, 15) is 0 Å². The second-order valence-electron chi connectivity index (χ2n) is 5.87. The first-order valence-electron chi connectivity index (χ1n) is 7.30. The van der Waals surface area contributed by atoms with Crippen LogP contribution in [0.2, 0.25) is 0 Å². The zero-order chi connectivity index (χ0) is 10.8. The fourth-order valence-electron chi connectivity index (χ4n) is 3.85. The molecule has 1 aliphatic carbocycles. The van der Waals surface area contributed by atoms with Crippen molar-refractivity contribution >= 4 is 0 Å². The van der Waals surface area contributed by atoms with E-state index in [1.165, 1.54) is 57.8 Å². The van der Waals surface area contributed by atoms with Gasteiger partial charge < -0.3 is 10.6 Å². The van der Waals surface area contributed by atoms with E-state index in [-0.39, 0.29) is 19.5 Å². The summed E-state index contributed by atoms with van der Waals surface area (Å²) < 4.78 is 0. The van der Waals surface area contributed by atoms with Crippen LogP contribution < -0.4 is 0 Å². The van der Waals surface area contributed by atoms with E-state index in [4.69, 9.17) is 10.6 Å². The SMILES string of the molecule is C1CCC(C2CCC3CCCCC3[N-]2)[N-]C1.[Ru+2]. The summed E-state index contributed by atoms with van der Waals surface area (Å²) >= 11 is 0. The van der Waals surface area contributed by atoms with Crippen LogP contribution in [0.3, 0.4) is 0 Å². The molecule has 0 N–H and O–H groups in total. The van der Waals surface area contributed by atoms with Gasteiger partial charge in [-0.15, -0.1) is 12.6 Å². The van der Waals surface area contributed by atoms with Gasteiger partial charge in [-0.25, -0.2) is 0 Å². The van der Waals surface area contributed by atoms with E-state index < -0.39 is 0 Å². The second-order valence-corrected chi connectivity index (χ2v) is 5.87. The molecule has 2 nitrogen and oxygen atoms in total. The molecule has 0 aromatic rings. The van der Waals surface area contributed by atoms with Gasteiger partial charge in [-0.3, -0.25) is 0 Å².